The maximum absolute atomic E-state index is 12.1. The second-order valence-electron chi connectivity index (χ2n) is 7.54. The first-order chi connectivity index (χ1) is 14.4. The van der Waals surface area contributed by atoms with E-state index in [2.05, 4.69) is 28.6 Å². The molecule has 0 fully saturated rings. The summed E-state index contributed by atoms with van der Waals surface area (Å²) in [5.74, 6) is 1.64. The summed E-state index contributed by atoms with van der Waals surface area (Å²) in [5.41, 5.74) is 3.00. The molecule has 0 heterocycles. The number of nitrogens with zero attached hydrogens (tertiary/aromatic N) is 2. The molecule has 0 saturated carbocycles. The molecule has 2 N–H and O–H groups in total. The number of carbonyl (C=O) groups is 1. The largest absolute Gasteiger partial charge is 0.489 e. The Labute approximate surface area is 203 Å². The first-order valence-corrected chi connectivity index (χ1v) is 10.4. The quantitative estimate of drug-likeness (QED) is 0.289. The number of amides is 1. The first-order valence-electron chi connectivity index (χ1n) is 10.4. The molecule has 0 aliphatic heterocycles. The summed E-state index contributed by atoms with van der Waals surface area (Å²) in [6.07, 6.45) is 0.768. The van der Waals surface area contributed by atoms with Gasteiger partial charge in [0.05, 0.1) is 6.54 Å². The molecule has 6 nitrogen and oxygen atoms in total. The third-order valence-electron chi connectivity index (χ3n) is 4.46. The molecule has 31 heavy (non-hydrogen) atoms. The first kappa shape index (κ1) is 26.7. The number of guanidine groups is 1. The number of aliphatic imine (C=N–C) groups is 1. The summed E-state index contributed by atoms with van der Waals surface area (Å²) in [6, 6.07) is 15.8. The summed E-state index contributed by atoms with van der Waals surface area (Å²) in [5, 5.41) is 6.62. The highest BCUT2D eigenvalue weighted by Crippen LogP contribution is 2.14. The van der Waals surface area contributed by atoms with Gasteiger partial charge in [-0.05, 0) is 62.6 Å². The number of aryl methyl sites for hydroxylation is 1. The van der Waals surface area contributed by atoms with E-state index in [1.807, 2.05) is 56.3 Å². The fourth-order valence-corrected chi connectivity index (χ4v) is 2.96. The predicted octanol–water partition coefficient (Wildman–Crippen LogP) is 3.88. The van der Waals surface area contributed by atoms with E-state index in [1.54, 1.807) is 19.0 Å². The lowest BCUT2D eigenvalue weighted by Gasteiger charge is -2.16. The Morgan fingerprint density at radius 3 is 2.55 bits per heavy atom. The van der Waals surface area contributed by atoms with Crippen LogP contribution in [0.15, 0.2) is 53.5 Å². The zero-order chi connectivity index (χ0) is 21.9. The molecular formula is C24H35IN4O2. The second-order valence-corrected chi connectivity index (χ2v) is 7.54. The Morgan fingerprint density at radius 2 is 1.87 bits per heavy atom. The van der Waals surface area contributed by atoms with Crippen LogP contribution < -0.4 is 15.4 Å². The fraction of sp³-hybridized carbons (Fsp3) is 0.417. The van der Waals surface area contributed by atoms with E-state index in [1.165, 1.54) is 5.56 Å². The van der Waals surface area contributed by atoms with E-state index >= 15 is 0 Å². The van der Waals surface area contributed by atoms with Crippen LogP contribution in [-0.2, 0) is 6.42 Å². The molecule has 0 spiro atoms. The Bertz CT molecular complexity index is 855. The van der Waals surface area contributed by atoms with Gasteiger partial charge in [-0.25, -0.2) is 4.99 Å². The molecule has 0 radical (unpaired) electrons. The smallest absolute Gasteiger partial charge is 0.253 e. The van der Waals surface area contributed by atoms with Crippen LogP contribution in [0, 0.1) is 6.92 Å². The minimum Gasteiger partial charge on any atom is -0.489 e. The number of carbonyl (C=O) groups excluding carboxylic acids is 1. The van der Waals surface area contributed by atoms with Crippen molar-refractivity contribution in [2.75, 3.05) is 33.7 Å². The Hall–Kier alpha value is -2.29. The van der Waals surface area contributed by atoms with Gasteiger partial charge in [0.15, 0.2) is 5.96 Å². The second kappa shape index (κ2) is 13.9. The van der Waals surface area contributed by atoms with Crippen LogP contribution in [0.3, 0.4) is 0 Å². The Morgan fingerprint density at radius 1 is 1.13 bits per heavy atom. The third kappa shape index (κ3) is 9.59. The van der Waals surface area contributed by atoms with Crippen LogP contribution in [0.2, 0.25) is 0 Å². The molecule has 0 aromatic heterocycles. The average molecular weight is 538 g/mol. The maximum Gasteiger partial charge on any atom is 0.253 e. The SMILES string of the molecule is CCNC(=NCC(C)Oc1cccc(C)c1)NCCc1cccc(C(=O)N(C)C)c1.I. The zero-order valence-corrected chi connectivity index (χ0v) is 21.5. The van der Waals surface area contributed by atoms with Crippen molar-refractivity contribution in [2.45, 2.75) is 33.3 Å². The molecule has 2 aromatic carbocycles. The highest BCUT2D eigenvalue weighted by molar-refractivity contribution is 14.0. The van der Waals surface area contributed by atoms with E-state index in [4.69, 9.17) is 4.74 Å². The van der Waals surface area contributed by atoms with Crippen molar-refractivity contribution in [3.05, 3.63) is 65.2 Å². The van der Waals surface area contributed by atoms with E-state index in [0.29, 0.717) is 12.1 Å². The summed E-state index contributed by atoms with van der Waals surface area (Å²) >= 11 is 0. The molecule has 7 heteroatoms. The van der Waals surface area contributed by atoms with Gasteiger partial charge in [0.25, 0.3) is 5.91 Å². The molecule has 1 atom stereocenters. The number of rotatable bonds is 9. The predicted molar refractivity (Wildman–Crippen MR) is 139 cm³/mol. The summed E-state index contributed by atoms with van der Waals surface area (Å²) in [6.45, 7) is 8.16. The van der Waals surface area contributed by atoms with Gasteiger partial charge < -0.3 is 20.3 Å². The number of benzene rings is 2. The number of nitrogens with one attached hydrogen (secondary N) is 2. The van der Waals surface area contributed by atoms with Gasteiger partial charge in [0.1, 0.15) is 11.9 Å². The number of halogens is 1. The van der Waals surface area contributed by atoms with E-state index in [9.17, 15) is 4.79 Å². The van der Waals surface area contributed by atoms with Crippen molar-refractivity contribution in [1.82, 2.24) is 15.5 Å². The van der Waals surface area contributed by atoms with E-state index in [0.717, 1.165) is 36.8 Å². The molecule has 2 rings (SSSR count). The van der Waals surface area contributed by atoms with Gasteiger partial charge in [0, 0.05) is 32.7 Å². The molecule has 0 aliphatic rings. The molecule has 2 aromatic rings. The monoisotopic (exact) mass is 538 g/mol. The van der Waals surface area contributed by atoms with Gasteiger partial charge in [-0.15, -0.1) is 24.0 Å². The lowest BCUT2D eigenvalue weighted by molar-refractivity contribution is 0.0827. The molecule has 1 amide bonds. The Kier molecular flexibility index (Phi) is 12.0. The molecule has 0 bridgehead atoms. The van der Waals surface area contributed by atoms with Crippen LogP contribution in [-0.4, -0.2) is 56.6 Å². The Balaban J connectivity index is 0.00000480. The van der Waals surface area contributed by atoms with Gasteiger partial charge >= 0.3 is 0 Å². The van der Waals surface area contributed by atoms with Crippen LogP contribution in [0.25, 0.3) is 0 Å². The van der Waals surface area contributed by atoms with Crippen LogP contribution in [0.5, 0.6) is 5.75 Å². The van der Waals surface area contributed by atoms with Crippen molar-refractivity contribution in [3.8, 4) is 5.75 Å². The molecule has 0 aliphatic carbocycles. The van der Waals surface area contributed by atoms with Gasteiger partial charge in [-0.2, -0.15) is 0 Å². The van der Waals surface area contributed by atoms with Crippen LogP contribution in [0.1, 0.15) is 35.3 Å². The minimum atomic E-state index is -0.0315. The van der Waals surface area contributed by atoms with Gasteiger partial charge in [-0.1, -0.05) is 24.3 Å². The van der Waals surface area contributed by atoms with Crippen LogP contribution >= 0.6 is 24.0 Å². The standard InChI is InChI=1S/C24H34N4O2.HI/c1-6-25-24(27-17-19(3)30-22-12-7-9-18(2)15-22)26-14-13-20-10-8-11-21(16-20)23(29)28(4)5;/h7-12,15-16,19H,6,13-14,17H2,1-5H3,(H2,25,26,27);1H. The molecule has 1 unspecified atom stereocenters. The molecule has 170 valence electrons. The van der Waals surface area contributed by atoms with Gasteiger partial charge in [0.2, 0.25) is 0 Å². The molecular weight excluding hydrogens is 503 g/mol. The normalized spacial score (nSPS) is 11.8. The lowest BCUT2D eigenvalue weighted by atomic mass is 10.1. The van der Waals surface area contributed by atoms with Crippen molar-refractivity contribution < 1.29 is 9.53 Å². The lowest BCUT2D eigenvalue weighted by Crippen LogP contribution is -2.39. The van der Waals surface area contributed by atoms with Crippen LogP contribution in [0.4, 0.5) is 0 Å². The van der Waals surface area contributed by atoms with E-state index in [-0.39, 0.29) is 36.0 Å². The summed E-state index contributed by atoms with van der Waals surface area (Å²) in [7, 11) is 3.53. The number of ether oxygens (including phenoxy) is 1. The molecule has 0 saturated heterocycles. The van der Waals surface area contributed by atoms with Crippen molar-refractivity contribution in [1.29, 1.82) is 0 Å². The highest BCUT2D eigenvalue weighted by Gasteiger charge is 2.08. The number of hydrogen-bond donors (Lipinski definition) is 2. The fourth-order valence-electron chi connectivity index (χ4n) is 2.96. The zero-order valence-electron chi connectivity index (χ0n) is 19.1. The number of hydrogen-bond acceptors (Lipinski definition) is 3. The van der Waals surface area contributed by atoms with Gasteiger partial charge in [-0.3, -0.25) is 4.79 Å². The minimum absolute atomic E-state index is 0. The summed E-state index contributed by atoms with van der Waals surface area (Å²) < 4.78 is 5.95. The van der Waals surface area contributed by atoms with Crippen molar-refractivity contribution in [3.63, 3.8) is 0 Å². The highest BCUT2D eigenvalue weighted by atomic mass is 127. The maximum atomic E-state index is 12.1. The average Bonchev–Trinajstić information content (AvgIpc) is 2.71. The van der Waals surface area contributed by atoms with Crippen molar-refractivity contribution >= 4 is 35.8 Å². The summed E-state index contributed by atoms with van der Waals surface area (Å²) in [4.78, 5) is 18.4. The van der Waals surface area contributed by atoms with Crippen molar-refractivity contribution in [2.24, 2.45) is 4.99 Å². The van der Waals surface area contributed by atoms with E-state index < -0.39 is 0 Å². The third-order valence-corrected chi connectivity index (χ3v) is 4.46. The topological polar surface area (TPSA) is 66.0 Å².